The van der Waals surface area contributed by atoms with Crippen LogP contribution >= 0.6 is 0 Å². The minimum absolute atomic E-state index is 0.0141. The Hall–Kier alpha value is -2.11. The molecule has 0 spiro atoms. The lowest BCUT2D eigenvalue weighted by Crippen LogP contribution is -2.52. The third-order valence-electron chi connectivity index (χ3n) is 3.85. The summed E-state index contributed by atoms with van der Waals surface area (Å²) in [4.78, 5) is 29.0. The summed E-state index contributed by atoms with van der Waals surface area (Å²) in [6.45, 7) is 2.16. The minimum atomic E-state index is -0.267. The first-order valence-electron chi connectivity index (χ1n) is 7.46. The zero-order valence-corrected chi connectivity index (χ0v) is 13.1. The van der Waals surface area contributed by atoms with Gasteiger partial charge in [0.25, 0.3) is 0 Å². The van der Waals surface area contributed by atoms with Crippen LogP contribution < -0.4 is 0 Å². The van der Waals surface area contributed by atoms with Crippen molar-refractivity contribution in [3.63, 3.8) is 0 Å². The number of carbonyl (C=O) groups is 2. The topological polar surface area (TPSA) is 43.9 Å². The molecular weight excluding hydrogens is 285 g/mol. The molecule has 0 atom stereocenters. The van der Waals surface area contributed by atoms with Crippen molar-refractivity contribution in [2.45, 2.75) is 12.8 Å². The van der Waals surface area contributed by atoms with Crippen molar-refractivity contribution in [1.29, 1.82) is 0 Å². The van der Waals surface area contributed by atoms with E-state index in [0.717, 1.165) is 0 Å². The minimum Gasteiger partial charge on any atom is -0.339 e. The predicted octanol–water partition coefficient (Wildman–Crippen LogP) is 1.58. The highest BCUT2D eigenvalue weighted by atomic mass is 19.1. The van der Waals surface area contributed by atoms with Crippen LogP contribution in [0.3, 0.4) is 0 Å². The van der Waals surface area contributed by atoms with E-state index < -0.39 is 0 Å². The molecule has 1 aromatic carbocycles. The lowest BCUT2D eigenvalue weighted by Gasteiger charge is -2.36. The smallest absolute Gasteiger partial charge is 0.319 e. The number of nitrogens with zero attached hydrogens (tertiary/aromatic N) is 3. The van der Waals surface area contributed by atoms with Gasteiger partial charge in [-0.05, 0) is 18.1 Å². The van der Waals surface area contributed by atoms with Gasteiger partial charge in [0, 0.05) is 46.7 Å². The highest BCUT2D eigenvalue weighted by molar-refractivity contribution is 5.77. The molecule has 1 aromatic rings. The zero-order valence-electron chi connectivity index (χ0n) is 13.1. The average Bonchev–Trinajstić information content (AvgIpc) is 2.53. The molecule has 0 bridgehead atoms. The second-order valence-corrected chi connectivity index (χ2v) is 5.64. The lowest BCUT2D eigenvalue weighted by molar-refractivity contribution is -0.132. The van der Waals surface area contributed by atoms with Crippen molar-refractivity contribution < 1.29 is 14.0 Å². The number of hydrogen-bond acceptors (Lipinski definition) is 2. The Morgan fingerprint density at radius 2 is 1.68 bits per heavy atom. The number of rotatable bonds is 3. The van der Waals surface area contributed by atoms with Crippen LogP contribution in [0, 0.1) is 5.82 Å². The number of carbonyl (C=O) groups excluding carboxylic acids is 2. The van der Waals surface area contributed by atoms with Crippen molar-refractivity contribution in [2.75, 3.05) is 40.3 Å². The first kappa shape index (κ1) is 16.3. The largest absolute Gasteiger partial charge is 0.339 e. The normalized spacial score (nSPS) is 14.9. The Bertz CT molecular complexity index is 540. The first-order valence-corrected chi connectivity index (χ1v) is 7.46. The Kier molecular flexibility index (Phi) is 5.35. The van der Waals surface area contributed by atoms with Crippen LogP contribution in [0.2, 0.25) is 0 Å². The zero-order chi connectivity index (χ0) is 16.1. The van der Waals surface area contributed by atoms with E-state index in [1.165, 1.54) is 11.0 Å². The summed E-state index contributed by atoms with van der Waals surface area (Å²) in [7, 11) is 3.43. The van der Waals surface area contributed by atoms with Crippen molar-refractivity contribution in [3.05, 3.63) is 35.6 Å². The van der Waals surface area contributed by atoms with Crippen molar-refractivity contribution in [2.24, 2.45) is 0 Å². The van der Waals surface area contributed by atoms with E-state index in [1.54, 1.807) is 42.1 Å². The van der Waals surface area contributed by atoms with Gasteiger partial charge in [0.2, 0.25) is 5.91 Å². The van der Waals surface area contributed by atoms with Crippen LogP contribution in [0.4, 0.5) is 9.18 Å². The lowest BCUT2D eigenvalue weighted by atomic mass is 10.1. The van der Waals surface area contributed by atoms with Crippen LogP contribution in [0.15, 0.2) is 24.3 Å². The van der Waals surface area contributed by atoms with Gasteiger partial charge in [0.05, 0.1) is 0 Å². The molecular formula is C16H22FN3O2. The van der Waals surface area contributed by atoms with Gasteiger partial charge in [-0.2, -0.15) is 0 Å². The number of urea groups is 1. The SMILES string of the molecule is CN(C)C(=O)N1CCN(C(=O)CCc2ccccc2F)CC1. The van der Waals surface area contributed by atoms with Gasteiger partial charge in [-0.3, -0.25) is 4.79 Å². The molecule has 120 valence electrons. The Morgan fingerprint density at radius 3 is 2.27 bits per heavy atom. The van der Waals surface area contributed by atoms with Crippen LogP contribution in [-0.4, -0.2) is 66.9 Å². The summed E-state index contributed by atoms with van der Waals surface area (Å²) in [5, 5.41) is 0. The fourth-order valence-corrected chi connectivity index (χ4v) is 2.53. The van der Waals surface area contributed by atoms with Crippen molar-refractivity contribution in [3.8, 4) is 0 Å². The fraction of sp³-hybridized carbons (Fsp3) is 0.500. The van der Waals surface area contributed by atoms with Crippen molar-refractivity contribution >= 4 is 11.9 Å². The van der Waals surface area contributed by atoms with E-state index in [9.17, 15) is 14.0 Å². The summed E-state index contributed by atoms with van der Waals surface area (Å²) in [6, 6.07) is 6.50. The van der Waals surface area contributed by atoms with E-state index in [2.05, 4.69) is 0 Å². The van der Waals surface area contributed by atoms with Crippen LogP contribution in [0.5, 0.6) is 0 Å². The Morgan fingerprint density at radius 1 is 1.09 bits per heavy atom. The number of hydrogen-bond donors (Lipinski definition) is 0. The first-order chi connectivity index (χ1) is 10.5. The Labute approximate surface area is 130 Å². The average molecular weight is 307 g/mol. The molecule has 1 saturated heterocycles. The van der Waals surface area contributed by atoms with Crippen molar-refractivity contribution in [1.82, 2.24) is 14.7 Å². The summed E-state index contributed by atoms with van der Waals surface area (Å²) in [5.41, 5.74) is 0.567. The number of halogens is 1. The maximum Gasteiger partial charge on any atom is 0.319 e. The molecule has 3 amide bonds. The molecule has 0 aromatic heterocycles. The molecule has 0 N–H and O–H groups in total. The third-order valence-corrected chi connectivity index (χ3v) is 3.85. The molecule has 1 fully saturated rings. The molecule has 0 radical (unpaired) electrons. The summed E-state index contributed by atoms with van der Waals surface area (Å²) >= 11 is 0. The van der Waals surface area contributed by atoms with Gasteiger partial charge in [-0.15, -0.1) is 0 Å². The number of benzene rings is 1. The van der Waals surface area contributed by atoms with E-state index in [4.69, 9.17) is 0 Å². The monoisotopic (exact) mass is 307 g/mol. The maximum atomic E-state index is 13.5. The van der Waals surface area contributed by atoms with Gasteiger partial charge in [-0.25, -0.2) is 9.18 Å². The molecule has 5 nitrogen and oxygen atoms in total. The predicted molar refractivity (Wildman–Crippen MR) is 82.0 cm³/mol. The second-order valence-electron chi connectivity index (χ2n) is 5.64. The van der Waals surface area contributed by atoms with E-state index in [0.29, 0.717) is 44.6 Å². The van der Waals surface area contributed by atoms with Gasteiger partial charge in [0.15, 0.2) is 0 Å². The molecule has 6 heteroatoms. The molecule has 1 aliphatic rings. The Balaban J connectivity index is 1.80. The maximum absolute atomic E-state index is 13.5. The molecule has 0 saturated carbocycles. The molecule has 22 heavy (non-hydrogen) atoms. The summed E-state index contributed by atoms with van der Waals surface area (Å²) < 4.78 is 13.5. The van der Waals surface area contributed by atoms with Gasteiger partial charge >= 0.3 is 6.03 Å². The highest BCUT2D eigenvalue weighted by Gasteiger charge is 2.24. The molecule has 0 unspecified atom stereocenters. The fourth-order valence-electron chi connectivity index (χ4n) is 2.53. The van der Waals surface area contributed by atoms with Crippen LogP contribution in [-0.2, 0) is 11.2 Å². The number of aryl methyl sites for hydroxylation is 1. The summed E-state index contributed by atoms with van der Waals surface area (Å²) in [5.74, 6) is -0.253. The molecule has 0 aliphatic carbocycles. The molecule has 1 aliphatic heterocycles. The molecule has 2 rings (SSSR count). The van der Waals surface area contributed by atoms with Crippen LogP contribution in [0.1, 0.15) is 12.0 Å². The number of piperazine rings is 1. The van der Waals surface area contributed by atoms with Gasteiger partial charge in [-0.1, -0.05) is 18.2 Å². The number of amides is 3. The quantitative estimate of drug-likeness (QED) is 0.851. The van der Waals surface area contributed by atoms with E-state index in [1.807, 2.05) is 0 Å². The molecule has 1 heterocycles. The second kappa shape index (κ2) is 7.24. The standard InChI is InChI=1S/C16H22FN3O2/c1-18(2)16(22)20-11-9-19(10-12-20)15(21)8-7-13-5-3-4-6-14(13)17/h3-6H,7-12H2,1-2H3. The van der Waals surface area contributed by atoms with Gasteiger partial charge in [0.1, 0.15) is 5.82 Å². The summed E-state index contributed by atoms with van der Waals surface area (Å²) in [6.07, 6.45) is 0.699. The third kappa shape index (κ3) is 3.96. The highest BCUT2D eigenvalue weighted by Crippen LogP contribution is 2.11. The van der Waals surface area contributed by atoms with Crippen LogP contribution in [0.25, 0.3) is 0 Å². The van der Waals surface area contributed by atoms with E-state index >= 15 is 0 Å². The van der Waals surface area contributed by atoms with E-state index in [-0.39, 0.29) is 17.8 Å². The van der Waals surface area contributed by atoms with Gasteiger partial charge < -0.3 is 14.7 Å².